The van der Waals surface area contributed by atoms with E-state index in [2.05, 4.69) is 15.9 Å². The number of hydrogen-bond acceptors (Lipinski definition) is 2. The molecule has 0 radical (unpaired) electrons. The Labute approximate surface area is 97.4 Å². The zero-order valence-corrected chi connectivity index (χ0v) is 10.2. The van der Waals surface area contributed by atoms with E-state index in [4.69, 9.17) is 5.26 Å². The minimum atomic E-state index is -0.127. The molecule has 0 aliphatic heterocycles. The quantitative estimate of drug-likeness (QED) is 0.773. The number of carbonyl (C=O) groups is 1. The van der Waals surface area contributed by atoms with Gasteiger partial charge < -0.3 is 0 Å². The Hall–Kier alpha value is -1.34. The molecule has 0 atom stereocenters. The van der Waals surface area contributed by atoms with Crippen molar-refractivity contribution in [1.82, 2.24) is 0 Å². The van der Waals surface area contributed by atoms with Gasteiger partial charge in [-0.05, 0) is 30.7 Å². The number of amides is 1. The van der Waals surface area contributed by atoms with Crippen molar-refractivity contribution < 1.29 is 4.79 Å². The summed E-state index contributed by atoms with van der Waals surface area (Å²) in [5.41, 5.74) is 1.79. The summed E-state index contributed by atoms with van der Waals surface area (Å²) in [7, 11) is 0. The van der Waals surface area contributed by atoms with Gasteiger partial charge in [-0.25, -0.2) is 0 Å². The Morgan fingerprint density at radius 3 is 2.73 bits per heavy atom. The molecule has 15 heavy (non-hydrogen) atoms. The first-order chi connectivity index (χ1) is 7.06. The minimum absolute atomic E-state index is 0.0798. The number of carbonyl (C=O) groups excluding carboxylic acids is 1. The van der Waals surface area contributed by atoms with Crippen molar-refractivity contribution in [2.75, 3.05) is 11.4 Å². The van der Waals surface area contributed by atoms with Gasteiger partial charge in [0.05, 0.1) is 6.07 Å². The van der Waals surface area contributed by atoms with Gasteiger partial charge in [0.1, 0.15) is 6.54 Å². The lowest BCUT2D eigenvalue weighted by atomic mass is 10.2. The predicted molar refractivity (Wildman–Crippen MR) is 62.5 cm³/mol. The summed E-state index contributed by atoms with van der Waals surface area (Å²) in [4.78, 5) is 12.7. The molecule has 0 heterocycles. The zero-order valence-electron chi connectivity index (χ0n) is 8.62. The van der Waals surface area contributed by atoms with Crippen LogP contribution in [0.5, 0.6) is 0 Å². The molecule has 0 aliphatic rings. The lowest BCUT2D eigenvalue weighted by Gasteiger charge is -2.18. The van der Waals surface area contributed by atoms with E-state index in [1.165, 1.54) is 11.8 Å². The Bertz CT molecular complexity index is 423. The van der Waals surface area contributed by atoms with Crippen LogP contribution in [0.15, 0.2) is 22.7 Å². The lowest BCUT2D eigenvalue weighted by molar-refractivity contribution is -0.116. The summed E-state index contributed by atoms with van der Waals surface area (Å²) in [6.07, 6.45) is 0. The molecule has 0 saturated heterocycles. The van der Waals surface area contributed by atoms with Crippen LogP contribution in [0.25, 0.3) is 0 Å². The second kappa shape index (κ2) is 4.94. The van der Waals surface area contributed by atoms with Crippen molar-refractivity contribution in [1.29, 1.82) is 5.26 Å². The summed E-state index contributed by atoms with van der Waals surface area (Å²) in [6.45, 7) is 3.48. The van der Waals surface area contributed by atoms with E-state index in [0.717, 1.165) is 15.7 Å². The highest BCUT2D eigenvalue weighted by Gasteiger charge is 2.11. The van der Waals surface area contributed by atoms with Crippen LogP contribution in [0.2, 0.25) is 0 Å². The fourth-order valence-electron chi connectivity index (χ4n) is 1.25. The monoisotopic (exact) mass is 266 g/mol. The summed E-state index contributed by atoms with van der Waals surface area (Å²) >= 11 is 3.39. The molecule has 3 nitrogen and oxygen atoms in total. The molecular formula is C11H11BrN2O. The molecule has 0 fully saturated rings. The maximum absolute atomic E-state index is 11.3. The number of nitrogens with zero attached hydrogens (tertiary/aromatic N) is 2. The van der Waals surface area contributed by atoms with Crippen LogP contribution in [0.4, 0.5) is 5.69 Å². The zero-order chi connectivity index (χ0) is 11.4. The summed E-state index contributed by atoms with van der Waals surface area (Å²) in [5.74, 6) is -0.127. The first-order valence-electron chi connectivity index (χ1n) is 4.47. The molecule has 4 heteroatoms. The fourth-order valence-corrected chi connectivity index (χ4v) is 1.50. The van der Waals surface area contributed by atoms with Gasteiger partial charge in [0, 0.05) is 17.1 Å². The third-order valence-corrected chi connectivity index (χ3v) is 2.95. The number of anilines is 1. The van der Waals surface area contributed by atoms with Gasteiger partial charge in [-0.3, -0.25) is 9.69 Å². The highest BCUT2D eigenvalue weighted by atomic mass is 79.9. The van der Waals surface area contributed by atoms with Crippen LogP contribution >= 0.6 is 15.9 Å². The van der Waals surface area contributed by atoms with Gasteiger partial charge >= 0.3 is 0 Å². The average molecular weight is 267 g/mol. The molecule has 78 valence electrons. The molecule has 1 amide bonds. The molecule has 1 aromatic carbocycles. The maximum Gasteiger partial charge on any atom is 0.224 e. The Balaban J connectivity index is 3.07. The minimum Gasteiger partial charge on any atom is -0.299 e. The first-order valence-corrected chi connectivity index (χ1v) is 5.26. The maximum atomic E-state index is 11.3. The van der Waals surface area contributed by atoms with E-state index in [0.29, 0.717) is 0 Å². The molecular weight excluding hydrogens is 256 g/mol. The van der Waals surface area contributed by atoms with Crippen LogP contribution in [-0.2, 0) is 4.79 Å². The largest absolute Gasteiger partial charge is 0.299 e. The van der Waals surface area contributed by atoms with Crippen molar-refractivity contribution in [2.24, 2.45) is 0 Å². The summed E-state index contributed by atoms with van der Waals surface area (Å²) < 4.78 is 0.992. The van der Waals surface area contributed by atoms with E-state index in [-0.39, 0.29) is 12.5 Å². The number of benzene rings is 1. The van der Waals surface area contributed by atoms with Gasteiger partial charge in [-0.1, -0.05) is 15.9 Å². The number of hydrogen-bond donors (Lipinski definition) is 0. The van der Waals surface area contributed by atoms with Gasteiger partial charge in [-0.2, -0.15) is 5.26 Å². The lowest BCUT2D eigenvalue weighted by Crippen LogP contribution is -2.28. The van der Waals surface area contributed by atoms with E-state index >= 15 is 0 Å². The van der Waals surface area contributed by atoms with E-state index < -0.39 is 0 Å². The fraction of sp³-hybridized carbons (Fsp3) is 0.273. The third kappa shape index (κ3) is 2.80. The Kier molecular flexibility index (Phi) is 3.87. The third-order valence-electron chi connectivity index (χ3n) is 2.06. The molecule has 0 unspecified atom stereocenters. The van der Waals surface area contributed by atoms with Crippen LogP contribution in [0.3, 0.4) is 0 Å². The SMILES string of the molecule is CC(=O)N(CC#N)c1ccc(Br)c(C)c1. The number of rotatable bonds is 2. The van der Waals surface area contributed by atoms with Crippen LogP contribution in [0.1, 0.15) is 12.5 Å². The molecule has 0 saturated carbocycles. The Morgan fingerprint density at radius 2 is 2.27 bits per heavy atom. The molecule has 0 N–H and O–H groups in total. The Morgan fingerprint density at radius 1 is 1.60 bits per heavy atom. The van der Waals surface area contributed by atoms with Gasteiger partial charge in [-0.15, -0.1) is 0 Å². The second-order valence-corrected chi connectivity index (χ2v) is 4.05. The highest BCUT2D eigenvalue weighted by Crippen LogP contribution is 2.22. The standard InChI is InChI=1S/C11H11BrN2O/c1-8-7-10(3-4-11(8)12)14(6-5-13)9(2)15/h3-4,7H,6H2,1-2H3. The van der Waals surface area contributed by atoms with E-state index in [1.807, 2.05) is 31.2 Å². The van der Waals surface area contributed by atoms with Crippen LogP contribution < -0.4 is 4.90 Å². The number of aryl methyl sites for hydroxylation is 1. The normalized spacial score (nSPS) is 9.47. The molecule has 1 aromatic rings. The smallest absolute Gasteiger partial charge is 0.224 e. The van der Waals surface area contributed by atoms with Crippen molar-refractivity contribution in [3.63, 3.8) is 0 Å². The highest BCUT2D eigenvalue weighted by molar-refractivity contribution is 9.10. The van der Waals surface area contributed by atoms with Crippen LogP contribution in [-0.4, -0.2) is 12.5 Å². The number of halogens is 1. The van der Waals surface area contributed by atoms with Crippen LogP contribution in [0, 0.1) is 18.3 Å². The second-order valence-electron chi connectivity index (χ2n) is 3.20. The molecule has 1 rings (SSSR count). The van der Waals surface area contributed by atoms with E-state index in [9.17, 15) is 4.79 Å². The topological polar surface area (TPSA) is 44.1 Å². The van der Waals surface area contributed by atoms with Crippen molar-refractivity contribution in [2.45, 2.75) is 13.8 Å². The molecule has 0 spiro atoms. The summed E-state index contributed by atoms with van der Waals surface area (Å²) in [5, 5.41) is 8.62. The van der Waals surface area contributed by atoms with Crippen molar-refractivity contribution in [3.05, 3.63) is 28.2 Å². The van der Waals surface area contributed by atoms with Crippen molar-refractivity contribution >= 4 is 27.5 Å². The number of nitriles is 1. The predicted octanol–water partition coefficient (Wildman–Crippen LogP) is 2.63. The molecule has 0 aromatic heterocycles. The van der Waals surface area contributed by atoms with Gasteiger partial charge in [0.2, 0.25) is 5.91 Å². The first kappa shape index (κ1) is 11.7. The molecule has 0 aliphatic carbocycles. The summed E-state index contributed by atoms with van der Waals surface area (Å²) in [6, 6.07) is 7.54. The van der Waals surface area contributed by atoms with Gasteiger partial charge in [0.25, 0.3) is 0 Å². The van der Waals surface area contributed by atoms with Gasteiger partial charge in [0.15, 0.2) is 0 Å². The van der Waals surface area contributed by atoms with E-state index in [1.54, 1.807) is 0 Å². The van der Waals surface area contributed by atoms with Crippen molar-refractivity contribution in [3.8, 4) is 6.07 Å². The average Bonchev–Trinajstić information content (AvgIpc) is 2.18. The molecule has 0 bridgehead atoms.